The Kier molecular flexibility index (Phi) is 3.21. The zero-order valence-electron chi connectivity index (χ0n) is 9.64. The summed E-state index contributed by atoms with van der Waals surface area (Å²) in [6, 6.07) is -0.742. The summed E-state index contributed by atoms with van der Waals surface area (Å²) in [4.78, 5) is 24.5. The molecule has 1 fully saturated rings. The Hall–Kier alpha value is -1.72. The summed E-state index contributed by atoms with van der Waals surface area (Å²) in [6.45, 7) is 2.85. The molecule has 0 saturated carbocycles. The smallest absolute Gasteiger partial charge is 0.326 e. The van der Waals surface area contributed by atoms with Crippen molar-refractivity contribution in [2.75, 3.05) is 19.8 Å². The van der Waals surface area contributed by atoms with Crippen LogP contribution in [0.3, 0.4) is 0 Å². The van der Waals surface area contributed by atoms with Gasteiger partial charge in [-0.05, 0) is 19.8 Å². The molecule has 1 N–H and O–H groups in total. The summed E-state index contributed by atoms with van der Waals surface area (Å²) in [5, 5.41) is 9.01. The summed E-state index contributed by atoms with van der Waals surface area (Å²) in [6.07, 6.45) is 1.20. The van der Waals surface area contributed by atoms with Crippen LogP contribution in [-0.2, 0) is 19.1 Å². The molecule has 0 aromatic carbocycles. The fraction of sp³-hybridized carbons (Fsp3) is 0.636. The minimum Gasteiger partial charge on any atom is -0.491 e. The van der Waals surface area contributed by atoms with Crippen molar-refractivity contribution < 1.29 is 24.2 Å². The lowest BCUT2D eigenvalue weighted by Gasteiger charge is -2.25. The normalized spacial score (nSPS) is 24.3. The van der Waals surface area contributed by atoms with E-state index in [0.29, 0.717) is 38.4 Å². The Bertz CT molecular complexity index is 376. The van der Waals surface area contributed by atoms with Gasteiger partial charge in [-0.1, -0.05) is 0 Å². The summed E-state index contributed by atoms with van der Waals surface area (Å²) in [5.41, 5.74) is 0. The van der Waals surface area contributed by atoms with Crippen LogP contribution >= 0.6 is 0 Å². The first-order valence-corrected chi connectivity index (χ1v) is 5.61. The summed E-state index contributed by atoms with van der Waals surface area (Å²) >= 11 is 0. The molecule has 6 heteroatoms. The van der Waals surface area contributed by atoms with Crippen LogP contribution in [0.5, 0.6) is 0 Å². The van der Waals surface area contributed by atoms with Crippen molar-refractivity contribution >= 4 is 11.9 Å². The first-order valence-electron chi connectivity index (χ1n) is 5.61. The molecule has 1 atom stereocenters. The zero-order chi connectivity index (χ0) is 12.4. The number of likely N-dealkylation sites (tertiary alicyclic amines) is 1. The molecule has 2 heterocycles. The molecular formula is C11H15NO5. The molecule has 0 aliphatic carbocycles. The lowest BCUT2D eigenvalue weighted by Crippen LogP contribution is -2.42. The monoisotopic (exact) mass is 241 g/mol. The molecule has 0 aromatic rings. The lowest BCUT2D eigenvalue weighted by atomic mass is 10.2. The Balaban J connectivity index is 2.17. The fourth-order valence-corrected chi connectivity index (χ4v) is 2.11. The van der Waals surface area contributed by atoms with Gasteiger partial charge in [0, 0.05) is 6.54 Å². The number of hydrogen-bond donors (Lipinski definition) is 1. The number of allylic oxidation sites excluding steroid dienone is 1. The van der Waals surface area contributed by atoms with E-state index in [4.69, 9.17) is 14.6 Å². The largest absolute Gasteiger partial charge is 0.491 e. The molecule has 2 aliphatic rings. The van der Waals surface area contributed by atoms with E-state index in [0.717, 1.165) is 0 Å². The number of carbonyl (C=O) groups is 2. The van der Waals surface area contributed by atoms with Gasteiger partial charge in [-0.2, -0.15) is 0 Å². The van der Waals surface area contributed by atoms with Crippen molar-refractivity contribution in [3.63, 3.8) is 0 Å². The maximum atomic E-state index is 12.1. The first-order chi connectivity index (χ1) is 8.11. The Morgan fingerprint density at radius 2 is 2.06 bits per heavy atom. The second-order valence-electron chi connectivity index (χ2n) is 4.08. The number of carboxylic acid groups (broad SMARTS) is 1. The molecule has 6 nitrogen and oxygen atoms in total. The predicted octanol–water partition coefficient (Wildman–Crippen LogP) is 0.340. The maximum absolute atomic E-state index is 12.1. The van der Waals surface area contributed by atoms with E-state index in [1.54, 1.807) is 6.92 Å². The molecule has 0 aromatic heterocycles. The van der Waals surface area contributed by atoms with Gasteiger partial charge in [0.05, 0.1) is 0 Å². The number of rotatable bonds is 2. The van der Waals surface area contributed by atoms with E-state index in [9.17, 15) is 9.59 Å². The van der Waals surface area contributed by atoms with E-state index >= 15 is 0 Å². The minimum absolute atomic E-state index is 0.143. The number of aliphatic carboxylic acids is 1. The van der Waals surface area contributed by atoms with Gasteiger partial charge in [0.15, 0.2) is 0 Å². The van der Waals surface area contributed by atoms with Crippen molar-refractivity contribution in [1.82, 2.24) is 4.90 Å². The SMILES string of the molecule is CC1=C(C(=O)N2CCC[C@H]2C(=O)O)OCCO1. The number of hydrogen-bond acceptors (Lipinski definition) is 4. The minimum atomic E-state index is -0.967. The van der Waals surface area contributed by atoms with Gasteiger partial charge in [-0.3, -0.25) is 4.79 Å². The molecule has 1 amide bonds. The van der Waals surface area contributed by atoms with Gasteiger partial charge >= 0.3 is 5.97 Å². The molecule has 1 saturated heterocycles. The van der Waals surface area contributed by atoms with Crippen LogP contribution in [0, 0.1) is 0 Å². The topological polar surface area (TPSA) is 76.1 Å². The zero-order valence-corrected chi connectivity index (χ0v) is 9.64. The van der Waals surface area contributed by atoms with Crippen LogP contribution in [-0.4, -0.2) is 47.7 Å². The van der Waals surface area contributed by atoms with Crippen molar-refractivity contribution in [2.45, 2.75) is 25.8 Å². The highest BCUT2D eigenvalue weighted by Gasteiger charge is 2.37. The highest BCUT2D eigenvalue weighted by atomic mass is 16.6. The summed E-state index contributed by atoms with van der Waals surface area (Å²) in [5.74, 6) is -0.778. The molecule has 0 spiro atoms. The highest BCUT2D eigenvalue weighted by molar-refractivity contribution is 5.95. The van der Waals surface area contributed by atoms with Crippen LogP contribution in [0.15, 0.2) is 11.5 Å². The van der Waals surface area contributed by atoms with Crippen LogP contribution in [0.25, 0.3) is 0 Å². The molecule has 17 heavy (non-hydrogen) atoms. The fourth-order valence-electron chi connectivity index (χ4n) is 2.11. The highest BCUT2D eigenvalue weighted by Crippen LogP contribution is 2.23. The number of nitrogens with zero attached hydrogens (tertiary/aromatic N) is 1. The lowest BCUT2D eigenvalue weighted by molar-refractivity contribution is -0.148. The predicted molar refractivity (Wildman–Crippen MR) is 57.0 cm³/mol. The first kappa shape index (κ1) is 11.8. The Morgan fingerprint density at radius 1 is 1.35 bits per heavy atom. The van der Waals surface area contributed by atoms with Crippen LogP contribution < -0.4 is 0 Å². The van der Waals surface area contributed by atoms with Crippen LogP contribution in [0.4, 0.5) is 0 Å². The molecule has 2 aliphatic heterocycles. The quantitative estimate of drug-likeness (QED) is 0.754. The average molecular weight is 241 g/mol. The van der Waals surface area contributed by atoms with E-state index < -0.39 is 12.0 Å². The van der Waals surface area contributed by atoms with Gasteiger partial charge in [0.1, 0.15) is 25.0 Å². The van der Waals surface area contributed by atoms with Crippen molar-refractivity contribution in [2.24, 2.45) is 0 Å². The molecule has 0 radical (unpaired) electrons. The third-order valence-electron chi connectivity index (χ3n) is 2.96. The average Bonchev–Trinajstić information content (AvgIpc) is 2.77. The molecule has 0 bridgehead atoms. The van der Waals surface area contributed by atoms with Crippen LogP contribution in [0.2, 0.25) is 0 Å². The maximum Gasteiger partial charge on any atom is 0.326 e. The Morgan fingerprint density at radius 3 is 2.71 bits per heavy atom. The summed E-state index contributed by atoms with van der Waals surface area (Å²) in [7, 11) is 0. The van der Waals surface area contributed by atoms with Gasteiger partial charge in [0.2, 0.25) is 5.76 Å². The van der Waals surface area contributed by atoms with E-state index in [1.807, 2.05) is 0 Å². The number of carbonyl (C=O) groups excluding carboxylic acids is 1. The van der Waals surface area contributed by atoms with Crippen molar-refractivity contribution in [3.05, 3.63) is 11.5 Å². The number of carboxylic acids is 1. The molecule has 2 rings (SSSR count). The standard InChI is InChI=1S/C11H15NO5/c1-7-9(17-6-5-16-7)10(13)12-4-2-3-8(12)11(14)15/h8H,2-6H2,1H3,(H,14,15)/t8-/m0/s1. The number of ether oxygens (including phenoxy) is 2. The van der Waals surface area contributed by atoms with E-state index in [1.165, 1.54) is 4.90 Å². The third-order valence-corrected chi connectivity index (χ3v) is 2.96. The van der Waals surface area contributed by atoms with Crippen molar-refractivity contribution in [3.8, 4) is 0 Å². The van der Waals surface area contributed by atoms with Gasteiger partial charge in [-0.15, -0.1) is 0 Å². The molecular weight excluding hydrogens is 226 g/mol. The van der Waals surface area contributed by atoms with Gasteiger partial charge in [0.25, 0.3) is 5.91 Å². The van der Waals surface area contributed by atoms with Gasteiger partial charge < -0.3 is 19.5 Å². The molecule has 94 valence electrons. The van der Waals surface area contributed by atoms with Crippen molar-refractivity contribution in [1.29, 1.82) is 0 Å². The Labute approximate surface area is 98.8 Å². The number of amides is 1. The van der Waals surface area contributed by atoms with Crippen LogP contribution in [0.1, 0.15) is 19.8 Å². The second kappa shape index (κ2) is 4.65. The van der Waals surface area contributed by atoms with E-state index in [2.05, 4.69) is 0 Å². The second-order valence-corrected chi connectivity index (χ2v) is 4.08. The molecule has 0 unspecified atom stereocenters. The summed E-state index contributed by atoms with van der Waals surface area (Å²) < 4.78 is 10.5. The third kappa shape index (κ3) is 2.20. The van der Waals surface area contributed by atoms with E-state index in [-0.39, 0.29) is 11.7 Å². The van der Waals surface area contributed by atoms with Gasteiger partial charge in [-0.25, -0.2) is 4.79 Å².